The average Bonchev–Trinajstić information content (AvgIpc) is 3.05. The van der Waals surface area contributed by atoms with Gasteiger partial charge in [-0.3, -0.25) is 9.59 Å². The number of aryl methyl sites for hydroxylation is 1. The summed E-state index contributed by atoms with van der Waals surface area (Å²) < 4.78 is 52.7. The van der Waals surface area contributed by atoms with Gasteiger partial charge in [0.15, 0.2) is 0 Å². The Bertz CT molecular complexity index is 1690. The van der Waals surface area contributed by atoms with E-state index < -0.39 is 13.5 Å². The number of alkyl halides is 3. The number of nitrogens with one attached hydrogen (secondary N) is 3. The van der Waals surface area contributed by atoms with Crippen LogP contribution in [0.3, 0.4) is 0 Å². The Morgan fingerprint density at radius 3 is 2.25 bits per heavy atom. The van der Waals surface area contributed by atoms with Crippen molar-refractivity contribution in [3.63, 3.8) is 0 Å². The Kier molecular flexibility index (Phi) is 12.9. The van der Waals surface area contributed by atoms with Crippen molar-refractivity contribution in [1.82, 2.24) is 20.6 Å². The molecule has 0 aliphatic heterocycles. The summed E-state index contributed by atoms with van der Waals surface area (Å²) in [6.45, 7) is 3.17. The second kappa shape index (κ2) is 17.2. The van der Waals surface area contributed by atoms with Gasteiger partial charge in [-0.1, -0.05) is 35.9 Å². The number of hydrogen-bond donors (Lipinski definition) is 5. The van der Waals surface area contributed by atoms with Crippen LogP contribution in [0.2, 0.25) is 0 Å². The molecule has 252 valence electrons. The van der Waals surface area contributed by atoms with E-state index in [1.807, 2.05) is 0 Å². The van der Waals surface area contributed by atoms with Crippen molar-refractivity contribution in [3.05, 3.63) is 95.8 Å². The number of halogens is 3. The van der Waals surface area contributed by atoms with Gasteiger partial charge in [-0.15, -0.1) is 13.2 Å². The molecule has 0 saturated carbocycles. The molecule has 1 aromatic heterocycles. The minimum Gasteiger partial charge on any atom is -0.423 e. The minimum absolute atomic E-state index is 0.219. The van der Waals surface area contributed by atoms with E-state index in [9.17, 15) is 32.8 Å². The molecule has 16 heteroatoms. The molecule has 0 fully saturated rings. The van der Waals surface area contributed by atoms with E-state index in [0.29, 0.717) is 39.5 Å². The Balaban J connectivity index is 1.18. The number of rotatable bonds is 16. The molecule has 2 amide bonds. The van der Waals surface area contributed by atoms with Gasteiger partial charge >= 0.3 is 13.5 Å². The molecule has 3 aromatic carbocycles. The number of amides is 2. The van der Waals surface area contributed by atoms with Crippen molar-refractivity contribution in [2.24, 2.45) is 0 Å². The highest BCUT2D eigenvalue weighted by atomic mass is 19.4. The van der Waals surface area contributed by atoms with Gasteiger partial charge in [0.05, 0.1) is 32.1 Å². The van der Waals surface area contributed by atoms with Crippen molar-refractivity contribution >= 4 is 35.9 Å². The van der Waals surface area contributed by atoms with Gasteiger partial charge in [0, 0.05) is 47.6 Å². The Hall–Kier alpha value is -5.03. The number of hydrogen-bond acceptors (Lipinski definition) is 10. The molecule has 0 unspecified atom stereocenters. The van der Waals surface area contributed by atoms with Gasteiger partial charge < -0.3 is 40.2 Å². The van der Waals surface area contributed by atoms with Gasteiger partial charge in [-0.05, 0) is 42.7 Å². The number of carbonyl (C=O) groups excluding carboxylic acids is 2. The summed E-state index contributed by atoms with van der Waals surface area (Å²) >= 11 is 0. The Labute approximate surface area is 274 Å². The van der Waals surface area contributed by atoms with E-state index >= 15 is 0 Å². The fourth-order valence-electron chi connectivity index (χ4n) is 4.45. The standard InChI is InChI=1S/C32H33BF3N5O7/c1-21-9-10-22(17-27(21)33(44)45)30(42)37-11-13-46-15-16-47-14-12-38-31(43)26-8-3-2-7-25(26)28-19-29(40-20-39-28)41-23-5-4-6-24(18-23)48-32(34,35)36/h2-10,17-20,44-45H,11-16H2,1H3,(H,37,42)(H,38,43)(H,39,40,41). The van der Waals surface area contributed by atoms with Crippen molar-refractivity contribution in [3.8, 4) is 17.0 Å². The minimum atomic E-state index is -4.82. The lowest BCUT2D eigenvalue weighted by Gasteiger charge is -2.12. The predicted molar refractivity (Wildman–Crippen MR) is 171 cm³/mol. The molecular formula is C32H33BF3N5O7. The molecule has 0 spiro atoms. The highest BCUT2D eigenvalue weighted by Crippen LogP contribution is 2.28. The smallest absolute Gasteiger partial charge is 0.423 e. The summed E-state index contributed by atoms with van der Waals surface area (Å²) in [5.41, 5.74) is 2.82. The number of benzene rings is 3. The van der Waals surface area contributed by atoms with Gasteiger partial charge in [0.2, 0.25) is 0 Å². The topological polar surface area (TPSA) is 164 Å². The zero-order valence-corrected chi connectivity index (χ0v) is 25.8. The molecule has 0 aliphatic carbocycles. The molecule has 4 rings (SSSR count). The lowest BCUT2D eigenvalue weighted by Crippen LogP contribution is -2.34. The highest BCUT2D eigenvalue weighted by Gasteiger charge is 2.31. The van der Waals surface area contributed by atoms with Crippen LogP contribution in [-0.2, 0) is 9.47 Å². The molecule has 0 atom stereocenters. The fourth-order valence-corrected chi connectivity index (χ4v) is 4.45. The van der Waals surface area contributed by atoms with Gasteiger partial charge in [-0.25, -0.2) is 9.97 Å². The van der Waals surface area contributed by atoms with Gasteiger partial charge in [0.1, 0.15) is 17.9 Å². The maximum atomic E-state index is 13.0. The van der Waals surface area contributed by atoms with Crippen LogP contribution in [0.5, 0.6) is 5.75 Å². The van der Waals surface area contributed by atoms with E-state index in [1.54, 1.807) is 55.5 Å². The maximum absolute atomic E-state index is 13.0. The van der Waals surface area contributed by atoms with Crippen molar-refractivity contribution in [2.45, 2.75) is 13.3 Å². The van der Waals surface area contributed by atoms with Crippen LogP contribution in [0, 0.1) is 6.92 Å². The zero-order valence-electron chi connectivity index (χ0n) is 25.8. The number of ether oxygens (including phenoxy) is 3. The van der Waals surface area contributed by atoms with E-state index in [1.165, 1.54) is 30.6 Å². The predicted octanol–water partition coefficient (Wildman–Crippen LogP) is 2.97. The lowest BCUT2D eigenvalue weighted by atomic mass is 9.76. The lowest BCUT2D eigenvalue weighted by molar-refractivity contribution is -0.274. The summed E-state index contributed by atoms with van der Waals surface area (Å²) in [6, 6.07) is 18.4. The van der Waals surface area contributed by atoms with Gasteiger partial charge in [0.25, 0.3) is 11.8 Å². The Morgan fingerprint density at radius 2 is 1.54 bits per heavy atom. The molecule has 48 heavy (non-hydrogen) atoms. The number of anilines is 2. The van der Waals surface area contributed by atoms with Crippen molar-refractivity contribution in [2.75, 3.05) is 44.8 Å². The first-order chi connectivity index (χ1) is 23.0. The third kappa shape index (κ3) is 11.1. The molecule has 5 N–H and O–H groups in total. The number of aromatic nitrogens is 2. The van der Waals surface area contributed by atoms with Crippen LogP contribution in [0.4, 0.5) is 24.7 Å². The van der Waals surface area contributed by atoms with Crippen molar-refractivity contribution < 1.29 is 47.0 Å². The highest BCUT2D eigenvalue weighted by molar-refractivity contribution is 6.59. The summed E-state index contributed by atoms with van der Waals surface area (Å²) in [5.74, 6) is -0.821. The first-order valence-corrected chi connectivity index (χ1v) is 14.7. The van der Waals surface area contributed by atoms with E-state index in [4.69, 9.17) is 9.47 Å². The first-order valence-electron chi connectivity index (χ1n) is 14.7. The largest absolute Gasteiger partial charge is 0.573 e. The molecule has 4 aromatic rings. The molecule has 0 saturated heterocycles. The van der Waals surface area contributed by atoms with Crippen LogP contribution in [0.25, 0.3) is 11.3 Å². The maximum Gasteiger partial charge on any atom is 0.573 e. The van der Waals surface area contributed by atoms with E-state index in [0.717, 1.165) is 0 Å². The second-order valence-electron chi connectivity index (χ2n) is 10.2. The summed E-state index contributed by atoms with van der Waals surface area (Å²) in [6.07, 6.45) is -3.55. The third-order valence-electron chi connectivity index (χ3n) is 6.71. The summed E-state index contributed by atoms with van der Waals surface area (Å²) in [5, 5.41) is 27.2. The number of nitrogens with zero attached hydrogens (tertiary/aromatic N) is 2. The molecule has 0 bridgehead atoms. The van der Waals surface area contributed by atoms with E-state index in [2.05, 4.69) is 30.7 Å². The van der Waals surface area contributed by atoms with Crippen LogP contribution < -0.4 is 26.2 Å². The first kappa shape index (κ1) is 35.8. The fraction of sp³-hybridized carbons (Fsp3) is 0.250. The van der Waals surface area contributed by atoms with Crippen molar-refractivity contribution in [1.29, 1.82) is 0 Å². The molecule has 12 nitrogen and oxygen atoms in total. The molecule has 1 heterocycles. The summed E-state index contributed by atoms with van der Waals surface area (Å²) in [7, 11) is -1.67. The SMILES string of the molecule is Cc1ccc(C(=O)NCCOCCOCCNC(=O)c2ccccc2-c2cc(Nc3cccc(OC(F)(F)F)c3)ncn2)cc1B(O)O. The van der Waals surface area contributed by atoms with Crippen LogP contribution in [0.15, 0.2) is 79.1 Å². The molecule has 0 aliphatic rings. The normalized spacial score (nSPS) is 11.1. The zero-order chi connectivity index (χ0) is 34.5. The van der Waals surface area contributed by atoms with Crippen LogP contribution in [-0.4, -0.2) is 84.8 Å². The summed E-state index contributed by atoms with van der Waals surface area (Å²) in [4.78, 5) is 33.7. The Morgan fingerprint density at radius 1 is 0.833 bits per heavy atom. The monoisotopic (exact) mass is 667 g/mol. The van der Waals surface area contributed by atoms with Crippen LogP contribution in [0.1, 0.15) is 26.3 Å². The second-order valence-corrected chi connectivity index (χ2v) is 10.2. The average molecular weight is 667 g/mol. The number of carbonyl (C=O) groups is 2. The third-order valence-corrected chi connectivity index (χ3v) is 6.71. The molecular weight excluding hydrogens is 634 g/mol. The van der Waals surface area contributed by atoms with Gasteiger partial charge in [-0.2, -0.15) is 0 Å². The van der Waals surface area contributed by atoms with E-state index in [-0.39, 0.29) is 62.5 Å². The van der Waals surface area contributed by atoms with Crippen LogP contribution >= 0.6 is 0 Å². The molecule has 0 radical (unpaired) electrons. The quantitative estimate of drug-likeness (QED) is 0.0887.